The lowest BCUT2D eigenvalue weighted by Crippen LogP contribution is -2.51. The summed E-state index contributed by atoms with van der Waals surface area (Å²) in [5.41, 5.74) is 7.51. The average Bonchev–Trinajstić information content (AvgIpc) is 3.15. The van der Waals surface area contributed by atoms with Crippen LogP contribution in [0.25, 0.3) is 0 Å². The molecule has 0 aromatic heterocycles. The number of amides is 1. The van der Waals surface area contributed by atoms with Crippen molar-refractivity contribution in [2.75, 3.05) is 0 Å². The number of rotatable bonds is 9. The van der Waals surface area contributed by atoms with Gasteiger partial charge in [0.25, 0.3) is 0 Å². The molecule has 0 spiro atoms. The Balaban J connectivity index is 1.40. The molecule has 4 aliphatic carbocycles. The first kappa shape index (κ1) is 26.7. The maximum atomic E-state index is 12.2. The highest BCUT2D eigenvalue weighted by Gasteiger charge is 2.59. The molecule has 4 aliphatic rings. The Morgan fingerprint density at radius 3 is 2.51 bits per heavy atom. The van der Waals surface area contributed by atoms with E-state index in [1.54, 1.807) is 0 Å². The average molecular weight is 486 g/mol. The van der Waals surface area contributed by atoms with Crippen LogP contribution in [0, 0.1) is 46.3 Å². The minimum atomic E-state index is -0.442. The van der Waals surface area contributed by atoms with Crippen LogP contribution in [0.3, 0.4) is 0 Å². The van der Waals surface area contributed by atoms with Gasteiger partial charge >= 0.3 is 5.97 Å². The topological polar surface area (TPSA) is 69.4 Å². The Hall–Kier alpha value is -1.32. The van der Waals surface area contributed by atoms with Crippen LogP contribution in [-0.4, -0.2) is 18.0 Å². The van der Waals surface area contributed by atoms with Crippen molar-refractivity contribution in [1.82, 2.24) is 0 Å². The Morgan fingerprint density at radius 1 is 1.03 bits per heavy atom. The third-order valence-electron chi connectivity index (χ3n) is 11.1. The molecule has 4 nitrogen and oxygen atoms in total. The zero-order chi connectivity index (χ0) is 25.4. The summed E-state index contributed by atoms with van der Waals surface area (Å²) in [4.78, 5) is 23.2. The summed E-state index contributed by atoms with van der Waals surface area (Å²) >= 11 is 0. The molecule has 4 rings (SSSR count). The van der Waals surface area contributed by atoms with Crippen molar-refractivity contribution in [2.24, 2.45) is 52.1 Å². The summed E-state index contributed by atoms with van der Waals surface area (Å²) in [5, 5.41) is 0. The number of ether oxygens (including phenoxy) is 1. The lowest BCUT2D eigenvalue weighted by atomic mass is 9.47. The summed E-state index contributed by atoms with van der Waals surface area (Å²) in [6, 6.07) is 0. The van der Waals surface area contributed by atoms with E-state index in [1.807, 2.05) is 0 Å². The summed E-state index contributed by atoms with van der Waals surface area (Å²) in [6.45, 7) is 12.4. The zero-order valence-corrected chi connectivity index (χ0v) is 23.1. The maximum absolute atomic E-state index is 12.2. The van der Waals surface area contributed by atoms with Gasteiger partial charge in [-0.1, -0.05) is 65.5 Å². The highest BCUT2D eigenvalue weighted by molar-refractivity contribution is 5.80. The fourth-order valence-electron chi connectivity index (χ4n) is 9.22. The number of nitrogens with two attached hydrogens (primary N) is 1. The van der Waals surface area contributed by atoms with Gasteiger partial charge in [-0.3, -0.25) is 9.59 Å². The van der Waals surface area contributed by atoms with E-state index in [2.05, 4.69) is 40.7 Å². The molecule has 1 amide bonds. The van der Waals surface area contributed by atoms with E-state index in [9.17, 15) is 9.59 Å². The highest BCUT2D eigenvalue weighted by atomic mass is 16.5. The third-order valence-corrected chi connectivity index (χ3v) is 11.1. The lowest BCUT2D eigenvalue weighted by molar-refractivity contribution is -0.152. The van der Waals surface area contributed by atoms with Crippen LogP contribution in [0.5, 0.6) is 0 Å². The summed E-state index contributed by atoms with van der Waals surface area (Å²) in [7, 11) is 0. The molecule has 3 saturated carbocycles. The van der Waals surface area contributed by atoms with Crippen LogP contribution < -0.4 is 5.73 Å². The van der Waals surface area contributed by atoms with E-state index in [1.165, 1.54) is 56.9 Å². The van der Waals surface area contributed by atoms with E-state index >= 15 is 0 Å². The van der Waals surface area contributed by atoms with E-state index in [4.69, 9.17) is 10.5 Å². The fraction of sp³-hybridized carbons (Fsp3) is 0.871. The van der Waals surface area contributed by atoms with Crippen LogP contribution in [0.1, 0.15) is 118 Å². The van der Waals surface area contributed by atoms with Gasteiger partial charge in [0.2, 0.25) is 5.91 Å². The molecular formula is C31H51NO3. The predicted octanol–water partition coefficient (Wildman–Crippen LogP) is 7.21. The second kappa shape index (κ2) is 10.6. The predicted molar refractivity (Wildman–Crippen MR) is 141 cm³/mol. The van der Waals surface area contributed by atoms with Crippen molar-refractivity contribution in [3.8, 4) is 0 Å². The van der Waals surface area contributed by atoms with Crippen molar-refractivity contribution in [1.29, 1.82) is 0 Å². The minimum Gasteiger partial charge on any atom is -0.462 e. The molecule has 0 aliphatic heterocycles. The second-order valence-corrected chi connectivity index (χ2v) is 13.6. The van der Waals surface area contributed by atoms with Crippen molar-refractivity contribution in [2.45, 2.75) is 124 Å². The Kier molecular flexibility index (Phi) is 8.08. The fourth-order valence-corrected chi connectivity index (χ4v) is 9.22. The largest absolute Gasteiger partial charge is 0.462 e. The van der Waals surface area contributed by atoms with Crippen LogP contribution in [0.4, 0.5) is 0 Å². The number of carbonyl (C=O) groups is 2. The van der Waals surface area contributed by atoms with Crippen LogP contribution in [0.15, 0.2) is 11.6 Å². The first-order valence-corrected chi connectivity index (χ1v) is 14.7. The third kappa shape index (κ3) is 5.37. The van der Waals surface area contributed by atoms with Gasteiger partial charge in [-0.25, -0.2) is 0 Å². The Morgan fingerprint density at radius 2 is 1.80 bits per heavy atom. The zero-order valence-electron chi connectivity index (χ0n) is 23.1. The van der Waals surface area contributed by atoms with Gasteiger partial charge in [0, 0.05) is 12.8 Å². The van der Waals surface area contributed by atoms with Crippen LogP contribution in [0.2, 0.25) is 0 Å². The first-order valence-electron chi connectivity index (χ1n) is 14.7. The van der Waals surface area contributed by atoms with Crippen molar-refractivity contribution >= 4 is 11.9 Å². The molecule has 0 aromatic rings. The molecule has 8 atom stereocenters. The number of fused-ring (bicyclic) bond motifs is 5. The van der Waals surface area contributed by atoms with E-state index in [-0.39, 0.29) is 30.3 Å². The van der Waals surface area contributed by atoms with Gasteiger partial charge in [-0.05, 0) is 91.3 Å². The molecule has 0 radical (unpaired) electrons. The van der Waals surface area contributed by atoms with Crippen LogP contribution in [-0.2, 0) is 14.3 Å². The molecule has 3 unspecified atom stereocenters. The van der Waals surface area contributed by atoms with E-state index < -0.39 is 5.91 Å². The second-order valence-electron chi connectivity index (χ2n) is 13.6. The van der Waals surface area contributed by atoms with Crippen molar-refractivity contribution in [3.63, 3.8) is 0 Å². The van der Waals surface area contributed by atoms with Crippen molar-refractivity contribution in [3.05, 3.63) is 11.6 Å². The smallest absolute Gasteiger partial charge is 0.306 e. The van der Waals surface area contributed by atoms with Gasteiger partial charge in [-0.2, -0.15) is 0 Å². The first-order chi connectivity index (χ1) is 16.5. The van der Waals surface area contributed by atoms with Crippen molar-refractivity contribution < 1.29 is 14.3 Å². The monoisotopic (exact) mass is 485 g/mol. The summed E-state index contributed by atoms with van der Waals surface area (Å²) in [5.74, 6) is 4.33. The minimum absolute atomic E-state index is 0.0392. The molecule has 0 aromatic carbocycles. The number of carbonyl (C=O) groups excluding carboxylic acids is 2. The summed E-state index contributed by atoms with van der Waals surface area (Å²) in [6.07, 6.45) is 16.6. The number of hydrogen-bond acceptors (Lipinski definition) is 3. The number of primary amides is 1. The van der Waals surface area contributed by atoms with Gasteiger partial charge in [0.15, 0.2) is 0 Å². The molecule has 198 valence electrons. The lowest BCUT2D eigenvalue weighted by Gasteiger charge is -2.58. The molecule has 3 fully saturated rings. The molecule has 4 heteroatoms. The Labute approximate surface area is 214 Å². The van der Waals surface area contributed by atoms with E-state index in [0.717, 1.165) is 54.8 Å². The van der Waals surface area contributed by atoms with Crippen LogP contribution >= 0.6 is 0 Å². The molecule has 0 heterocycles. The Bertz CT molecular complexity index is 818. The number of esters is 1. The standard InChI is InChI=1S/C31H51NO3/c1-20(2)7-6-8-21(3)25-11-12-26-24-10-9-22-19-23(35-29(34)14-13-28(32)33)15-17-30(22,4)27(24)16-18-31(25,26)5/h9,20-21,23-27H,6-8,10-19H2,1-5H3,(H2,32,33)/t21-,23+,24+,25?,26?,27?,30+,31-/m1/s1. The SMILES string of the molecule is CC(C)CCC[C@@H](C)C1CCC2[C@@H]3CC=C4C[C@@H](OC(=O)CCC(N)=O)CC[C@]4(C)C3CC[C@@]21C. The highest BCUT2D eigenvalue weighted by Crippen LogP contribution is 2.67. The van der Waals surface area contributed by atoms with Gasteiger partial charge < -0.3 is 10.5 Å². The quantitative estimate of drug-likeness (QED) is 0.277. The van der Waals surface area contributed by atoms with E-state index in [0.29, 0.717) is 5.41 Å². The number of allylic oxidation sites excluding steroid dienone is 1. The number of hydrogen-bond donors (Lipinski definition) is 1. The molecule has 35 heavy (non-hydrogen) atoms. The van der Waals surface area contributed by atoms with Gasteiger partial charge in [0.1, 0.15) is 6.10 Å². The molecule has 2 N–H and O–H groups in total. The molecular weight excluding hydrogens is 434 g/mol. The molecule has 0 bridgehead atoms. The normalized spacial score (nSPS) is 39.3. The van der Waals surface area contributed by atoms with Gasteiger partial charge in [-0.15, -0.1) is 0 Å². The molecule has 0 saturated heterocycles. The van der Waals surface area contributed by atoms with Gasteiger partial charge in [0.05, 0.1) is 6.42 Å². The maximum Gasteiger partial charge on any atom is 0.306 e. The summed E-state index contributed by atoms with van der Waals surface area (Å²) < 4.78 is 5.76.